The molecule has 1 aliphatic heterocycles. The van der Waals surface area contributed by atoms with Gasteiger partial charge in [-0.15, -0.1) is 0 Å². The summed E-state index contributed by atoms with van der Waals surface area (Å²) in [7, 11) is 0. The quantitative estimate of drug-likeness (QED) is 0.660. The first-order chi connectivity index (χ1) is 12.1. The Hall–Kier alpha value is -2.89. The molecule has 2 aromatic rings. The highest BCUT2D eigenvalue weighted by atomic mass is 16.4. The van der Waals surface area contributed by atoms with Crippen LogP contribution in [0, 0.1) is 11.8 Å². The summed E-state index contributed by atoms with van der Waals surface area (Å²) in [6.07, 6.45) is 6.65. The highest BCUT2D eigenvalue weighted by Crippen LogP contribution is 2.37. The summed E-state index contributed by atoms with van der Waals surface area (Å²) in [5.74, 6) is -2.69. The second kappa shape index (κ2) is 5.88. The lowest BCUT2D eigenvalue weighted by Gasteiger charge is -2.23. The van der Waals surface area contributed by atoms with E-state index in [1.54, 1.807) is 6.20 Å². The van der Waals surface area contributed by atoms with Crippen LogP contribution in [0.1, 0.15) is 18.4 Å². The third kappa shape index (κ3) is 2.45. The van der Waals surface area contributed by atoms with Crippen molar-refractivity contribution in [2.45, 2.75) is 25.3 Å². The van der Waals surface area contributed by atoms with Crippen LogP contribution < -0.4 is 0 Å². The summed E-state index contributed by atoms with van der Waals surface area (Å²) in [5.41, 5.74) is 1.69. The Labute approximate surface area is 144 Å². The maximum absolute atomic E-state index is 12.7. The van der Waals surface area contributed by atoms with Crippen LogP contribution in [0.2, 0.25) is 0 Å². The summed E-state index contributed by atoms with van der Waals surface area (Å²) in [6.45, 7) is 0. The van der Waals surface area contributed by atoms with Gasteiger partial charge in [0.15, 0.2) is 0 Å². The molecule has 0 spiro atoms. The number of para-hydroxylation sites is 1. The monoisotopic (exact) mass is 338 g/mol. The number of aromatic amines is 1. The normalized spacial score (nSPS) is 23.9. The molecule has 6 heteroatoms. The minimum Gasteiger partial charge on any atom is -0.480 e. The molecule has 1 saturated heterocycles. The van der Waals surface area contributed by atoms with Crippen LogP contribution in [-0.4, -0.2) is 38.8 Å². The van der Waals surface area contributed by atoms with Gasteiger partial charge in [0, 0.05) is 23.5 Å². The number of carbonyl (C=O) groups excluding carboxylic acids is 2. The van der Waals surface area contributed by atoms with E-state index in [4.69, 9.17) is 0 Å². The molecule has 128 valence electrons. The summed E-state index contributed by atoms with van der Waals surface area (Å²) in [4.78, 5) is 41.3. The number of rotatable bonds is 4. The summed E-state index contributed by atoms with van der Waals surface area (Å²) >= 11 is 0. The van der Waals surface area contributed by atoms with Crippen LogP contribution in [0.15, 0.2) is 42.6 Å². The number of likely N-dealkylation sites (tertiary alicyclic amines) is 1. The third-order valence-corrected chi connectivity index (χ3v) is 5.23. The second-order valence-electron chi connectivity index (χ2n) is 6.62. The number of carbonyl (C=O) groups is 3. The smallest absolute Gasteiger partial charge is 0.327 e. The molecule has 0 radical (unpaired) electrons. The molecule has 1 aromatic carbocycles. The van der Waals surface area contributed by atoms with Gasteiger partial charge in [-0.3, -0.25) is 14.5 Å². The highest BCUT2D eigenvalue weighted by Gasteiger charge is 2.51. The molecule has 2 aliphatic rings. The molecule has 1 fully saturated rings. The van der Waals surface area contributed by atoms with E-state index in [9.17, 15) is 19.5 Å². The molecule has 2 heterocycles. The zero-order valence-electron chi connectivity index (χ0n) is 13.5. The van der Waals surface area contributed by atoms with Gasteiger partial charge < -0.3 is 10.1 Å². The summed E-state index contributed by atoms with van der Waals surface area (Å²) in [6, 6.07) is 6.40. The third-order valence-electron chi connectivity index (χ3n) is 5.23. The van der Waals surface area contributed by atoms with Crippen LogP contribution in [0.5, 0.6) is 0 Å². The van der Waals surface area contributed by atoms with E-state index in [0.717, 1.165) is 21.4 Å². The Morgan fingerprint density at radius 2 is 1.80 bits per heavy atom. The Morgan fingerprint density at radius 1 is 1.16 bits per heavy atom. The van der Waals surface area contributed by atoms with Gasteiger partial charge in [0.2, 0.25) is 11.8 Å². The van der Waals surface area contributed by atoms with Crippen LogP contribution in [0.25, 0.3) is 10.9 Å². The van der Waals surface area contributed by atoms with Gasteiger partial charge in [-0.05, 0) is 24.5 Å². The zero-order chi connectivity index (χ0) is 17.6. The van der Waals surface area contributed by atoms with Crippen LogP contribution >= 0.6 is 0 Å². The maximum Gasteiger partial charge on any atom is 0.327 e. The van der Waals surface area contributed by atoms with Crippen molar-refractivity contribution in [2.24, 2.45) is 11.8 Å². The standard InChI is InChI=1S/C19H18N2O4/c22-17-13-6-1-2-7-14(13)18(23)21(17)16(19(24)25)9-11-10-20-15-8-4-3-5-12(11)15/h1-5,8,10,13-14,16,20H,6-7,9H2,(H,24,25)/t13-,14+,16-/m0/s1. The molecule has 1 aliphatic carbocycles. The number of nitrogens with zero attached hydrogens (tertiary/aromatic N) is 1. The fourth-order valence-electron chi connectivity index (χ4n) is 3.93. The van der Waals surface area contributed by atoms with Crippen molar-refractivity contribution < 1.29 is 19.5 Å². The lowest BCUT2D eigenvalue weighted by Crippen LogP contribution is -2.46. The number of benzene rings is 1. The molecule has 3 atom stereocenters. The number of imide groups is 1. The van der Waals surface area contributed by atoms with Crippen molar-refractivity contribution in [3.63, 3.8) is 0 Å². The minimum absolute atomic E-state index is 0.101. The van der Waals surface area contributed by atoms with Gasteiger partial charge in [0.05, 0.1) is 11.8 Å². The number of fused-ring (bicyclic) bond motifs is 2. The van der Waals surface area contributed by atoms with E-state index in [-0.39, 0.29) is 18.2 Å². The predicted octanol–water partition coefficient (Wildman–Crippen LogP) is 2.11. The number of carboxylic acid groups (broad SMARTS) is 1. The molecule has 0 unspecified atom stereocenters. The Bertz CT molecular complexity index is 872. The lowest BCUT2D eigenvalue weighted by atomic mass is 9.85. The number of H-pyrrole nitrogens is 1. The van der Waals surface area contributed by atoms with Crippen molar-refractivity contribution in [3.05, 3.63) is 48.2 Å². The van der Waals surface area contributed by atoms with Crippen LogP contribution in [-0.2, 0) is 20.8 Å². The number of nitrogens with one attached hydrogen (secondary N) is 1. The molecule has 1 aromatic heterocycles. The topological polar surface area (TPSA) is 90.5 Å². The van der Waals surface area contributed by atoms with E-state index in [1.807, 2.05) is 36.4 Å². The molecule has 2 N–H and O–H groups in total. The lowest BCUT2D eigenvalue weighted by molar-refractivity contribution is -0.155. The number of amides is 2. The van der Waals surface area contributed by atoms with Crippen molar-refractivity contribution >= 4 is 28.7 Å². The largest absolute Gasteiger partial charge is 0.480 e. The van der Waals surface area contributed by atoms with Gasteiger partial charge in [-0.1, -0.05) is 30.4 Å². The average molecular weight is 338 g/mol. The molecule has 4 rings (SSSR count). The van der Waals surface area contributed by atoms with Gasteiger partial charge in [-0.2, -0.15) is 0 Å². The SMILES string of the molecule is O=C(O)[C@H](Cc1c[nH]c2ccccc12)N1C(=O)[C@H]2CC=CC[C@H]2C1=O. The average Bonchev–Trinajstić information content (AvgIpc) is 3.13. The van der Waals surface area contributed by atoms with Crippen molar-refractivity contribution in [1.29, 1.82) is 0 Å². The number of aromatic nitrogens is 1. The number of allylic oxidation sites excluding steroid dienone is 2. The van der Waals surface area contributed by atoms with E-state index in [2.05, 4.69) is 4.98 Å². The van der Waals surface area contributed by atoms with E-state index in [0.29, 0.717) is 12.8 Å². The molecular weight excluding hydrogens is 320 g/mol. The van der Waals surface area contributed by atoms with Gasteiger partial charge in [0.25, 0.3) is 0 Å². The second-order valence-corrected chi connectivity index (χ2v) is 6.62. The first kappa shape index (κ1) is 15.6. The molecule has 2 amide bonds. The van der Waals surface area contributed by atoms with Crippen molar-refractivity contribution in [2.75, 3.05) is 0 Å². The molecule has 6 nitrogen and oxygen atoms in total. The predicted molar refractivity (Wildman–Crippen MR) is 90.6 cm³/mol. The molecular formula is C19H18N2O4. The van der Waals surface area contributed by atoms with Crippen molar-refractivity contribution in [1.82, 2.24) is 9.88 Å². The summed E-state index contributed by atoms with van der Waals surface area (Å²) in [5, 5.41) is 10.6. The Kier molecular flexibility index (Phi) is 3.67. The Balaban J connectivity index is 1.67. The van der Waals surface area contributed by atoms with E-state index in [1.165, 1.54) is 0 Å². The minimum atomic E-state index is -1.18. The number of carboxylic acids is 1. The fourth-order valence-corrected chi connectivity index (χ4v) is 3.93. The Morgan fingerprint density at radius 3 is 2.44 bits per heavy atom. The molecule has 0 saturated carbocycles. The summed E-state index contributed by atoms with van der Waals surface area (Å²) < 4.78 is 0. The highest BCUT2D eigenvalue weighted by molar-refractivity contribution is 6.08. The zero-order valence-corrected chi connectivity index (χ0v) is 13.5. The van der Waals surface area contributed by atoms with E-state index >= 15 is 0 Å². The molecule has 25 heavy (non-hydrogen) atoms. The van der Waals surface area contributed by atoms with Crippen LogP contribution in [0.4, 0.5) is 0 Å². The number of hydrogen-bond acceptors (Lipinski definition) is 3. The number of aliphatic carboxylic acids is 1. The maximum atomic E-state index is 12.7. The van der Waals surface area contributed by atoms with Gasteiger partial charge >= 0.3 is 5.97 Å². The van der Waals surface area contributed by atoms with Crippen molar-refractivity contribution in [3.8, 4) is 0 Å². The van der Waals surface area contributed by atoms with Crippen LogP contribution in [0.3, 0.4) is 0 Å². The first-order valence-electron chi connectivity index (χ1n) is 8.37. The fraction of sp³-hybridized carbons (Fsp3) is 0.316. The van der Waals surface area contributed by atoms with E-state index < -0.39 is 23.8 Å². The van der Waals surface area contributed by atoms with Gasteiger partial charge in [-0.25, -0.2) is 4.79 Å². The van der Waals surface area contributed by atoms with Gasteiger partial charge in [0.1, 0.15) is 6.04 Å². The first-order valence-corrected chi connectivity index (χ1v) is 8.37. The molecule has 0 bridgehead atoms. The number of hydrogen-bond donors (Lipinski definition) is 2.